The van der Waals surface area contributed by atoms with Gasteiger partial charge in [-0.3, -0.25) is 9.59 Å². The Morgan fingerprint density at radius 2 is 1.71 bits per heavy atom. The van der Waals surface area contributed by atoms with Gasteiger partial charge >= 0.3 is 6.09 Å². The van der Waals surface area contributed by atoms with E-state index in [4.69, 9.17) is 38.4 Å². The zero-order valence-corrected chi connectivity index (χ0v) is 19.2. The Labute approximate surface area is 205 Å². The van der Waals surface area contributed by atoms with Crippen LogP contribution in [0.25, 0.3) is 0 Å². The number of phenolic OH excluding ortho intramolecular Hbond substituents is 1. The van der Waals surface area contributed by atoms with Gasteiger partial charge in [-0.1, -0.05) is 53.5 Å². The fourth-order valence-electron chi connectivity index (χ4n) is 2.93. The number of carbonyl (C=O) groups excluding carboxylic acids is 3. The van der Waals surface area contributed by atoms with Crippen LogP contribution in [-0.2, 0) is 22.7 Å². The van der Waals surface area contributed by atoms with Crippen molar-refractivity contribution >= 4 is 41.0 Å². The number of primary amides is 1. The first kappa shape index (κ1) is 24.9. The Kier molecular flexibility index (Phi) is 8.34. The Hall–Kier alpha value is -3.75. The zero-order chi connectivity index (χ0) is 24.7. The number of rotatable bonds is 9. The summed E-state index contributed by atoms with van der Waals surface area (Å²) in [5.74, 6) is -1.17. The second-order valence-electron chi connectivity index (χ2n) is 7.08. The molecule has 0 unspecified atom stereocenters. The number of hydrogen-bond donors (Lipinski definition) is 3. The van der Waals surface area contributed by atoms with Crippen molar-refractivity contribution in [2.24, 2.45) is 5.73 Å². The summed E-state index contributed by atoms with van der Waals surface area (Å²) in [7, 11) is 0. The molecule has 8 nitrogen and oxygen atoms in total. The molecule has 0 atom stereocenters. The number of nitrogens with two attached hydrogens (primary N) is 1. The zero-order valence-electron chi connectivity index (χ0n) is 17.7. The Balaban J connectivity index is 1.69. The number of ether oxygens (including phenoxy) is 2. The van der Waals surface area contributed by atoms with Gasteiger partial charge in [0.2, 0.25) is 0 Å². The lowest BCUT2D eigenvalue weighted by Gasteiger charge is -2.12. The molecule has 0 bridgehead atoms. The first-order chi connectivity index (χ1) is 16.3. The summed E-state index contributed by atoms with van der Waals surface area (Å²) >= 11 is 12.4. The Morgan fingerprint density at radius 1 is 0.971 bits per heavy atom. The molecule has 0 aromatic heterocycles. The van der Waals surface area contributed by atoms with Crippen LogP contribution in [0.1, 0.15) is 27.0 Å². The molecule has 4 N–H and O–H groups in total. The normalized spacial score (nSPS) is 10.4. The number of ketones is 1. The van der Waals surface area contributed by atoms with Gasteiger partial charge in [0, 0.05) is 23.2 Å². The molecule has 0 radical (unpaired) electrons. The largest absolute Gasteiger partial charge is 0.508 e. The van der Waals surface area contributed by atoms with Gasteiger partial charge in [0.15, 0.2) is 12.4 Å². The van der Waals surface area contributed by atoms with E-state index in [1.807, 2.05) is 30.3 Å². The first-order valence-corrected chi connectivity index (χ1v) is 10.7. The lowest BCUT2D eigenvalue weighted by Crippen LogP contribution is -2.23. The van der Waals surface area contributed by atoms with E-state index in [2.05, 4.69) is 5.32 Å². The van der Waals surface area contributed by atoms with Gasteiger partial charge in [-0.05, 0) is 35.9 Å². The molecule has 34 heavy (non-hydrogen) atoms. The number of hydrogen-bond acceptors (Lipinski definition) is 6. The van der Waals surface area contributed by atoms with Crippen molar-refractivity contribution in [2.45, 2.75) is 13.2 Å². The molecule has 2 amide bonds. The van der Waals surface area contributed by atoms with Crippen LogP contribution in [0.3, 0.4) is 0 Å². The van der Waals surface area contributed by atoms with Crippen molar-refractivity contribution in [2.75, 3.05) is 6.61 Å². The number of phenols is 1. The summed E-state index contributed by atoms with van der Waals surface area (Å²) < 4.78 is 10.3. The van der Waals surface area contributed by atoms with Gasteiger partial charge in [-0.25, -0.2) is 4.79 Å². The molecular weight excluding hydrogens is 483 g/mol. The van der Waals surface area contributed by atoms with E-state index in [1.165, 1.54) is 30.3 Å². The number of alkyl carbamates (subject to hydrolysis) is 1. The predicted octanol–water partition coefficient (Wildman–Crippen LogP) is 4.22. The van der Waals surface area contributed by atoms with Gasteiger partial charge < -0.3 is 25.6 Å². The molecule has 0 saturated carbocycles. The van der Waals surface area contributed by atoms with Crippen LogP contribution in [0.4, 0.5) is 4.79 Å². The molecule has 0 spiro atoms. The molecule has 0 aliphatic carbocycles. The molecule has 10 heteroatoms. The van der Waals surface area contributed by atoms with Crippen LogP contribution < -0.4 is 15.8 Å². The fourth-order valence-corrected chi connectivity index (χ4v) is 3.39. The second kappa shape index (κ2) is 11.4. The average Bonchev–Trinajstić information content (AvgIpc) is 2.83. The van der Waals surface area contributed by atoms with E-state index in [9.17, 15) is 19.5 Å². The lowest BCUT2D eigenvalue weighted by molar-refractivity contribution is -0.119. The van der Waals surface area contributed by atoms with Crippen LogP contribution in [-0.4, -0.2) is 29.5 Å². The summed E-state index contributed by atoms with van der Waals surface area (Å²) in [6.45, 7) is -0.379. The maximum atomic E-state index is 13.0. The molecular formula is C24H20Cl2N2O6. The molecule has 0 aliphatic rings. The van der Waals surface area contributed by atoms with Gasteiger partial charge in [0.1, 0.15) is 23.1 Å². The van der Waals surface area contributed by atoms with Crippen molar-refractivity contribution < 1.29 is 29.0 Å². The number of carbonyl (C=O) groups is 3. The molecule has 0 heterocycles. The predicted molar refractivity (Wildman–Crippen MR) is 126 cm³/mol. The van der Waals surface area contributed by atoms with E-state index < -0.39 is 24.4 Å². The Morgan fingerprint density at radius 3 is 2.41 bits per heavy atom. The number of aromatic hydroxyl groups is 1. The SMILES string of the molecule is NC(=O)COc1ccc(C(=O)c2ccc(O)c(CNC(=O)OCc3ccccc3)c2)c(Cl)c1Cl. The highest BCUT2D eigenvalue weighted by Gasteiger charge is 2.19. The number of halogens is 2. The van der Waals surface area contributed by atoms with E-state index in [-0.39, 0.29) is 45.8 Å². The van der Waals surface area contributed by atoms with E-state index >= 15 is 0 Å². The number of nitrogens with one attached hydrogen (secondary N) is 1. The van der Waals surface area contributed by atoms with Gasteiger partial charge in [-0.15, -0.1) is 0 Å². The highest BCUT2D eigenvalue weighted by molar-refractivity contribution is 6.45. The first-order valence-electron chi connectivity index (χ1n) is 9.96. The molecule has 3 aromatic rings. The topological polar surface area (TPSA) is 128 Å². The number of amides is 2. The highest BCUT2D eigenvalue weighted by atomic mass is 35.5. The molecule has 0 saturated heterocycles. The molecule has 3 rings (SSSR count). The van der Waals surface area contributed by atoms with Crippen LogP contribution in [0.2, 0.25) is 10.0 Å². The van der Waals surface area contributed by atoms with E-state index in [0.29, 0.717) is 5.56 Å². The van der Waals surface area contributed by atoms with Crippen molar-refractivity contribution in [1.82, 2.24) is 5.32 Å². The van der Waals surface area contributed by atoms with Crippen molar-refractivity contribution in [3.8, 4) is 11.5 Å². The van der Waals surface area contributed by atoms with Crippen LogP contribution >= 0.6 is 23.2 Å². The third kappa shape index (κ3) is 6.40. The molecule has 3 aromatic carbocycles. The van der Waals surface area contributed by atoms with Crippen LogP contribution in [0.15, 0.2) is 60.7 Å². The summed E-state index contributed by atoms with van der Waals surface area (Å²) in [5.41, 5.74) is 6.47. The van der Waals surface area contributed by atoms with E-state index in [1.54, 1.807) is 0 Å². The smallest absolute Gasteiger partial charge is 0.407 e. The summed E-state index contributed by atoms with van der Waals surface area (Å²) in [4.78, 5) is 35.9. The van der Waals surface area contributed by atoms with E-state index in [0.717, 1.165) is 5.56 Å². The average molecular weight is 503 g/mol. The van der Waals surface area contributed by atoms with Crippen molar-refractivity contribution in [1.29, 1.82) is 0 Å². The maximum Gasteiger partial charge on any atom is 0.407 e. The summed E-state index contributed by atoms with van der Waals surface area (Å²) in [6, 6.07) is 16.1. The highest BCUT2D eigenvalue weighted by Crippen LogP contribution is 2.36. The second-order valence-corrected chi connectivity index (χ2v) is 7.84. The quantitative estimate of drug-likeness (QED) is 0.375. The third-order valence-corrected chi connectivity index (χ3v) is 5.50. The van der Waals surface area contributed by atoms with Crippen LogP contribution in [0.5, 0.6) is 11.5 Å². The van der Waals surface area contributed by atoms with Gasteiger partial charge in [0.25, 0.3) is 5.91 Å². The molecule has 176 valence electrons. The Bertz CT molecular complexity index is 1220. The van der Waals surface area contributed by atoms with Gasteiger partial charge in [0.05, 0.1) is 5.02 Å². The van der Waals surface area contributed by atoms with Crippen LogP contribution in [0, 0.1) is 0 Å². The maximum absolute atomic E-state index is 13.0. The van der Waals surface area contributed by atoms with Gasteiger partial charge in [-0.2, -0.15) is 0 Å². The van der Waals surface area contributed by atoms with Crippen molar-refractivity contribution in [3.05, 3.63) is 93.0 Å². The summed E-state index contributed by atoms with van der Waals surface area (Å²) in [5, 5.41) is 12.6. The summed E-state index contributed by atoms with van der Waals surface area (Å²) in [6.07, 6.45) is -0.679. The minimum Gasteiger partial charge on any atom is -0.508 e. The van der Waals surface area contributed by atoms with Crippen molar-refractivity contribution in [3.63, 3.8) is 0 Å². The lowest BCUT2D eigenvalue weighted by atomic mass is 10.0. The molecule has 0 fully saturated rings. The third-order valence-electron chi connectivity index (χ3n) is 4.64. The molecule has 0 aliphatic heterocycles. The standard InChI is InChI=1S/C24H20Cl2N2O6/c25-21-17(7-9-19(22(21)26)33-13-20(27)30)23(31)15-6-8-18(29)16(10-15)11-28-24(32)34-12-14-4-2-1-3-5-14/h1-10,29H,11-13H2,(H2,27,30)(H,28,32). The monoisotopic (exact) mass is 502 g/mol. The fraction of sp³-hybridized carbons (Fsp3) is 0.125. The number of benzene rings is 3. The minimum absolute atomic E-state index is 0.0457. The minimum atomic E-state index is -0.693.